The summed E-state index contributed by atoms with van der Waals surface area (Å²) in [5, 5.41) is 0. The molecule has 3 rings (SSSR count). The van der Waals surface area contributed by atoms with Gasteiger partial charge in [-0.05, 0) is 44.5 Å². The predicted molar refractivity (Wildman–Crippen MR) is 127 cm³/mol. The van der Waals surface area contributed by atoms with Gasteiger partial charge >= 0.3 is 0 Å². The Morgan fingerprint density at radius 3 is 2.48 bits per heavy atom. The Bertz CT molecular complexity index is 1050. The second-order valence-electron chi connectivity index (χ2n) is 7.09. The lowest BCUT2D eigenvalue weighted by Crippen LogP contribution is -2.32. The average Bonchev–Trinajstić information content (AvgIpc) is 2.75. The summed E-state index contributed by atoms with van der Waals surface area (Å²) >= 11 is 3.53. The molecule has 0 saturated carbocycles. The first-order valence-corrected chi connectivity index (χ1v) is 11.1. The monoisotopic (exact) mass is 482 g/mol. The molecule has 31 heavy (non-hydrogen) atoms. The number of benzene rings is 2. The zero-order chi connectivity index (χ0) is 22.4. The highest BCUT2D eigenvalue weighted by molar-refractivity contribution is 9.10. The molecule has 0 saturated heterocycles. The average molecular weight is 483 g/mol. The molecule has 7 heteroatoms. The van der Waals surface area contributed by atoms with Crippen LogP contribution in [0.4, 0.5) is 5.95 Å². The Morgan fingerprint density at radius 2 is 1.81 bits per heavy atom. The van der Waals surface area contributed by atoms with Gasteiger partial charge in [0, 0.05) is 29.5 Å². The van der Waals surface area contributed by atoms with Gasteiger partial charge in [0.05, 0.1) is 23.6 Å². The topological polar surface area (TPSA) is 81.3 Å². The van der Waals surface area contributed by atoms with Gasteiger partial charge in [-0.15, -0.1) is 0 Å². The number of nitrogens with zero attached hydrogens (tertiary/aromatic N) is 3. The molecule has 0 spiro atoms. The molecule has 6 nitrogen and oxygen atoms in total. The molecule has 0 aliphatic carbocycles. The highest BCUT2D eigenvalue weighted by Gasteiger charge is 2.25. The summed E-state index contributed by atoms with van der Waals surface area (Å²) in [6.45, 7) is 7.37. The Labute approximate surface area is 191 Å². The summed E-state index contributed by atoms with van der Waals surface area (Å²) in [5.41, 5.74) is 9.35. The predicted octanol–water partition coefficient (Wildman–Crippen LogP) is 4.90. The zero-order valence-electron chi connectivity index (χ0n) is 18.1. The number of aromatic nitrogens is 2. The van der Waals surface area contributed by atoms with E-state index in [0.717, 1.165) is 10.9 Å². The second kappa shape index (κ2) is 10.4. The smallest absolute Gasteiger partial charge is 0.257 e. The number of anilines is 1. The molecular formula is C24H27BrN4O2. The number of ether oxygens (including phenoxy) is 1. The number of aryl methyl sites for hydroxylation is 1. The molecule has 1 aromatic heterocycles. The summed E-state index contributed by atoms with van der Waals surface area (Å²) in [4.78, 5) is 23.7. The van der Waals surface area contributed by atoms with E-state index >= 15 is 0 Å². The number of halogens is 1. The summed E-state index contributed by atoms with van der Waals surface area (Å²) in [7, 11) is 0. The van der Waals surface area contributed by atoms with E-state index in [1.165, 1.54) is 5.56 Å². The molecule has 2 N–H and O–H groups in total. The van der Waals surface area contributed by atoms with Crippen LogP contribution in [0.2, 0.25) is 0 Å². The number of hydrogen-bond acceptors (Lipinski definition) is 5. The Hall–Kier alpha value is -2.93. The Balaban J connectivity index is 2.01. The summed E-state index contributed by atoms with van der Waals surface area (Å²) < 4.78 is 6.99. The summed E-state index contributed by atoms with van der Waals surface area (Å²) in [6.07, 6.45) is 0.770. The van der Waals surface area contributed by atoms with Gasteiger partial charge in [-0.2, -0.15) is 0 Å². The number of nitrogen functional groups attached to an aromatic ring is 1. The molecule has 0 aliphatic heterocycles. The van der Waals surface area contributed by atoms with Crippen LogP contribution < -0.4 is 10.5 Å². The fourth-order valence-corrected chi connectivity index (χ4v) is 3.81. The number of amides is 1. The second-order valence-corrected chi connectivity index (χ2v) is 8.01. The molecule has 2 aromatic carbocycles. The van der Waals surface area contributed by atoms with Crippen LogP contribution in [0.25, 0.3) is 11.3 Å². The lowest BCUT2D eigenvalue weighted by Gasteiger charge is -2.22. The van der Waals surface area contributed by atoms with Crippen molar-refractivity contribution in [3.8, 4) is 17.0 Å². The van der Waals surface area contributed by atoms with Crippen molar-refractivity contribution in [1.29, 1.82) is 0 Å². The van der Waals surface area contributed by atoms with Gasteiger partial charge in [0.25, 0.3) is 5.91 Å². The number of nitrogens with two attached hydrogens (primary N) is 1. The SMILES string of the molecule is CCN(CC)C(=O)c1c(C)nc(N)nc1-c1cc(Br)ccc1OCCc1ccccc1. The van der Waals surface area contributed by atoms with E-state index in [4.69, 9.17) is 10.5 Å². The first kappa shape index (κ1) is 22.7. The minimum absolute atomic E-state index is 0.118. The quantitative estimate of drug-likeness (QED) is 0.493. The van der Waals surface area contributed by atoms with Gasteiger partial charge < -0.3 is 15.4 Å². The van der Waals surface area contributed by atoms with E-state index in [9.17, 15) is 4.79 Å². The summed E-state index contributed by atoms with van der Waals surface area (Å²) in [6, 6.07) is 15.8. The molecule has 0 aliphatic rings. The minimum Gasteiger partial charge on any atom is -0.493 e. The van der Waals surface area contributed by atoms with E-state index in [1.54, 1.807) is 11.8 Å². The van der Waals surface area contributed by atoms with Gasteiger partial charge in [0.1, 0.15) is 5.75 Å². The maximum Gasteiger partial charge on any atom is 0.257 e. The maximum absolute atomic E-state index is 13.3. The van der Waals surface area contributed by atoms with Gasteiger partial charge in [0.15, 0.2) is 0 Å². The van der Waals surface area contributed by atoms with E-state index < -0.39 is 0 Å². The van der Waals surface area contributed by atoms with Crippen LogP contribution in [0.1, 0.15) is 35.5 Å². The van der Waals surface area contributed by atoms with Gasteiger partial charge in [-0.1, -0.05) is 46.3 Å². The van der Waals surface area contributed by atoms with Crippen molar-refractivity contribution in [1.82, 2.24) is 14.9 Å². The third-order valence-corrected chi connectivity index (χ3v) is 5.55. The van der Waals surface area contributed by atoms with E-state index in [0.29, 0.717) is 48.0 Å². The number of hydrogen-bond donors (Lipinski definition) is 1. The van der Waals surface area contributed by atoms with Crippen LogP contribution in [0.5, 0.6) is 5.75 Å². The molecule has 3 aromatic rings. The largest absolute Gasteiger partial charge is 0.493 e. The first-order valence-electron chi connectivity index (χ1n) is 10.3. The molecule has 0 unspecified atom stereocenters. The summed E-state index contributed by atoms with van der Waals surface area (Å²) in [5.74, 6) is 0.650. The third-order valence-electron chi connectivity index (χ3n) is 5.06. The highest BCUT2D eigenvalue weighted by Crippen LogP contribution is 2.35. The van der Waals surface area contributed by atoms with Gasteiger partial charge in [0.2, 0.25) is 5.95 Å². The molecule has 0 atom stereocenters. The van der Waals surface area contributed by atoms with Crippen LogP contribution in [-0.4, -0.2) is 40.5 Å². The van der Waals surface area contributed by atoms with Crippen LogP contribution in [0.15, 0.2) is 53.0 Å². The van der Waals surface area contributed by atoms with Crippen molar-refractivity contribution in [2.45, 2.75) is 27.2 Å². The third kappa shape index (κ3) is 5.41. The van der Waals surface area contributed by atoms with E-state index in [1.807, 2.05) is 50.2 Å². The van der Waals surface area contributed by atoms with Crippen molar-refractivity contribution in [2.75, 3.05) is 25.4 Å². The minimum atomic E-state index is -0.118. The van der Waals surface area contributed by atoms with Crippen molar-refractivity contribution >= 4 is 27.8 Å². The van der Waals surface area contributed by atoms with Crippen molar-refractivity contribution in [3.63, 3.8) is 0 Å². The molecule has 0 bridgehead atoms. The Kier molecular flexibility index (Phi) is 7.63. The van der Waals surface area contributed by atoms with Crippen molar-refractivity contribution < 1.29 is 9.53 Å². The molecule has 162 valence electrons. The fraction of sp³-hybridized carbons (Fsp3) is 0.292. The standard InChI is InChI=1S/C24H27BrN4O2/c1-4-29(5-2)23(30)21-16(3)27-24(26)28-22(21)19-15-18(25)11-12-20(19)31-14-13-17-9-7-6-8-10-17/h6-12,15H,4-5,13-14H2,1-3H3,(H2,26,27,28). The number of carbonyl (C=O) groups is 1. The van der Waals surface area contributed by atoms with Crippen LogP contribution in [0.3, 0.4) is 0 Å². The first-order chi connectivity index (χ1) is 14.9. The molecule has 0 radical (unpaired) electrons. The van der Waals surface area contributed by atoms with Crippen LogP contribution in [-0.2, 0) is 6.42 Å². The lowest BCUT2D eigenvalue weighted by molar-refractivity contribution is 0.0772. The lowest BCUT2D eigenvalue weighted by atomic mass is 10.0. The highest BCUT2D eigenvalue weighted by atomic mass is 79.9. The molecular weight excluding hydrogens is 456 g/mol. The number of carbonyl (C=O) groups excluding carboxylic acids is 1. The number of rotatable bonds is 8. The normalized spacial score (nSPS) is 10.7. The van der Waals surface area contributed by atoms with Crippen molar-refractivity contribution in [2.24, 2.45) is 0 Å². The van der Waals surface area contributed by atoms with Crippen LogP contribution in [0, 0.1) is 6.92 Å². The van der Waals surface area contributed by atoms with Crippen molar-refractivity contribution in [3.05, 3.63) is 69.8 Å². The molecule has 1 heterocycles. The molecule has 0 fully saturated rings. The Morgan fingerprint density at radius 1 is 1.10 bits per heavy atom. The zero-order valence-corrected chi connectivity index (χ0v) is 19.6. The fourth-order valence-electron chi connectivity index (χ4n) is 3.45. The van der Waals surface area contributed by atoms with E-state index in [2.05, 4.69) is 38.0 Å². The van der Waals surface area contributed by atoms with Crippen LogP contribution >= 0.6 is 15.9 Å². The molecule has 1 amide bonds. The van der Waals surface area contributed by atoms with Gasteiger partial charge in [-0.3, -0.25) is 4.79 Å². The van der Waals surface area contributed by atoms with E-state index in [-0.39, 0.29) is 11.9 Å². The van der Waals surface area contributed by atoms with Gasteiger partial charge in [-0.25, -0.2) is 9.97 Å². The maximum atomic E-state index is 13.3.